The molecule has 1 N–H and O–H groups in total. The first-order chi connectivity index (χ1) is 7.24. The van der Waals surface area contributed by atoms with E-state index in [4.69, 9.17) is 4.74 Å². The summed E-state index contributed by atoms with van der Waals surface area (Å²) in [6.07, 6.45) is 5.80. The molecule has 15 heavy (non-hydrogen) atoms. The van der Waals surface area contributed by atoms with E-state index in [2.05, 4.69) is 16.9 Å². The van der Waals surface area contributed by atoms with Crippen LogP contribution >= 0.6 is 0 Å². The average Bonchev–Trinajstić information content (AvgIpc) is 2.62. The van der Waals surface area contributed by atoms with Gasteiger partial charge in [-0.25, -0.2) is 4.98 Å². The molecule has 84 valence electrons. The average molecular weight is 209 g/mol. The van der Waals surface area contributed by atoms with Crippen LogP contribution in [0.1, 0.15) is 13.8 Å². The van der Waals surface area contributed by atoms with Crippen LogP contribution < -0.4 is 5.32 Å². The van der Waals surface area contributed by atoms with Crippen molar-refractivity contribution in [3.8, 4) is 0 Å². The number of hydrogen-bond donors (Lipinski definition) is 1. The number of imidazole rings is 1. The summed E-state index contributed by atoms with van der Waals surface area (Å²) in [5.74, 6) is 0.863. The quantitative estimate of drug-likeness (QED) is 0.697. The largest absolute Gasteiger partial charge is 0.377 e. The molecule has 1 rings (SSSR count). The van der Waals surface area contributed by atoms with Gasteiger partial charge in [0.25, 0.3) is 0 Å². The summed E-state index contributed by atoms with van der Waals surface area (Å²) in [5, 5.41) is 3.16. The maximum absolute atomic E-state index is 5.48. The van der Waals surface area contributed by atoms with Gasteiger partial charge in [0, 0.05) is 25.5 Å². The van der Waals surface area contributed by atoms with Crippen LogP contribution in [-0.4, -0.2) is 28.8 Å². The van der Waals surface area contributed by atoms with Crippen molar-refractivity contribution in [2.24, 2.45) is 0 Å². The topological polar surface area (TPSA) is 39.1 Å². The Kier molecular flexibility index (Phi) is 4.90. The summed E-state index contributed by atoms with van der Waals surface area (Å²) in [6, 6.07) is 0. The molecule has 0 saturated carbocycles. The number of anilines is 1. The molecule has 1 aromatic heterocycles. The second-order valence-electron chi connectivity index (χ2n) is 3.53. The van der Waals surface area contributed by atoms with Gasteiger partial charge in [-0.05, 0) is 13.8 Å². The van der Waals surface area contributed by atoms with Crippen molar-refractivity contribution in [3.63, 3.8) is 0 Å². The Labute approximate surface area is 91.0 Å². The summed E-state index contributed by atoms with van der Waals surface area (Å²) in [5.41, 5.74) is 0. The molecule has 0 spiro atoms. The standard InChI is InChI=1S/C11H19N3O/c1-4-5-12-11-13-6-7-14(11)8-9-15-10(2)3/h4,6-7,10H,1,5,8-9H2,2-3H3,(H,12,13). The third-order valence-electron chi connectivity index (χ3n) is 1.90. The number of nitrogens with zero attached hydrogens (tertiary/aromatic N) is 2. The highest BCUT2D eigenvalue weighted by molar-refractivity contribution is 5.26. The zero-order valence-corrected chi connectivity index (χ0v) is 9.44. The zero-order chi connectivity index (χ0) is 11.1. The first-order valence-corrected chi connectivity index (χ1v) is 5.21. The van der Waals surface area contributed by atoms with Gasteiger partial charge < -0.3 is 14.6 Å². The SMILES string of the molecule is C=CCNc1nccn1CCOC(C)C. The van der Waals surface area contributed by atoms with Gasteiger partial charge in [-0.3, -0.25) is 0 Å². The van der Waals surface area contributed by atoms with Crippen LogP contribution in [0.2, 0.25) is 0 Å². The van der Waals surface area contributed by atoms with Crippen molar-refractivity contribution in [2.75, 3.05) is 18.5 Å². The Morgan fingerprint density at radius 2 is 2.47 bits per heavy atom. The molecule has 1 heterocycles. The predicted molar refractivity (Wildman–Crippen MR) is 62.0 cm³/mol. The Morgan fingerprint density at radius 1 is 1.67 bits per heavy atom. The van der Waals surface area contributed by atoms with Gasteiger partial charge in [-0.1, -0.05) is 6.08 Å². The highest BCUT2D eigenvalue weighted by atomic mass is 16.5. The number of aromatic nitrogens is 2. The van der Waals surface area contributed by atoms with Crippen LogP contribution in [0.4, 0.5) is 5.95 Å². The molecule has 0 aliphatic heterocycles. The molecular formula is C11H19N3O. The van der Waals surface area contributed by atoms with E-state index < -0.39 is 0 Å². The number of ether oxygens (including phenoxy) is 1. The number of hydrogen-bond acceptors (Lipinski definition) is 3. The van der Waals surface area contributed by atoms with E-state index in [1.54, 1.807) is 6.20 Å². The highest BCUT2D eigenvalue weighted by Crippen LogP contribution is 2.03. The van der Waals surface area contributed by atoms with Crippen LogP contribution in [0.3, 0.4) is 0 Å². The van der Waals surface area contributed by atoms with E-state index in [1.807, 2.05) is 30.7 Å². The lowest BCUT2D eigenvalue weighted by Crippen LogP contribution is -2.13. The van der Waals surface area contributed by atoms with Crippen molar-refractivity contribution < 1.29 is 4.74 Å². The lowest BCUT2D eigenvalue weighted by Gasteiger charge is -2.10. The predicted octanol–water partition coefficient (Wildman–Crippen LogP) is 1.91. The summed E-state index contributed by atoms with van der Waals surface area (Å²) in [4.78, 5) is 4.20. The first kappa shape index (κ1) is 11.8. The molecule has 0 fully saturated rings. The summed E-state index contributed by atoms with van der Waals surface area (Å²) in [7, 11) is 0. The number of rotatable bonds is 7. The second-order valence-corrected chi connectivity index (χ2v) is 3.53. The fourth-order valence-electron chi connectivity index (χ4n) is 1.21. The fourth-order valence-corrected chi connectivity index (χ4v) is 1.21. The maximum atomic E-state index is 5.48. The van der Waals surface area contributed by atoms with Crippen molar-refractivity contribution in [1.29, 1.82) is 0 Å². The normalized spacial score (nSPS) is 10.6. The van der Waals surface area contributed by atoms with Crippen LogP contribution in [0, 0.1) is 0 Å². The monoisotopic (exact) mass is 209 g/mol. The molecule has 0 unspecified atom stereocenters. The minimum atomic E-state index is 0.276. The van der Waals surface area contributed by atoms with E-state index in [0.29, 0.717) is 6.61 Å². The lowest BCUT2D eigenvalue weighted by atomic mass is 10.5. The van der Waals surface area contributed by atoms with Crippen molar-refractivity contribution in [2.45, 2.75) is 26.5 Å². The van der Waals surface area contributed by atoms with E-state index in [0.717, 1.165) is 19.0 Å². The van der Waals surface area contributed by atoms with Gasteiger partial charge in [-0.15, -0.1) is 6.58 Å². The summed E-state index contributed by atoms with van der Waals surface area (Å²) >= 11 is 0. The molecule has 0 radical (unpaired) electrons. The fraction of sp³-hybridized carbons (Fsp3) is 0.545. The summed E-state index contributed by atoms with van der Waals surface area (Å²) in [6.45, 7) is 9.96. The summed E-state index contributed by atoms with van der Waals surface area (Å²) < 4.78 is 7.51. The maximum Gasteiger partial charge on any atom is 0.203 e. The molecule has 0 aliphatic rings. The van der Waals surface area contributed by atoms with Gasteiger partial charge in [0.15, 0.2) is 0 Å². The number of nitrogens with one attached hydrogen (secondary N) is 1. The molecule has 0 atom stereocenters. The molecular weight excluding hydrogens is 190 g/mol. The van der Waals surface area contributed by atoms with Crippen LogP contribution in [0.15, 0.2) is 25.0 Å². The molecule has 0 saturated heterocycles. The van der Waals surface area contributed by atoms with Gasteiger partial charge in [0.05, 0.1) is 12.7 Å². The van der Waals surface area contributed by atoms with Gasteiger partial charge in [0.1, 0.15) is 0 Å². The third kappa shape index (κ3) is 4.16. The van der Waals surface area contributed by atoms with Gasteiger partial charge in [0.2, 0.25) is 5.95 Å². The Bertz CT molecular complexity index is 294. The van der Waals surface area contributed by atoms with Gasteiger partial charge >= 0.3 is 0 Å². The molecule has 4 nitrogen and oxygen atoms in total. The Morgan fingerprint density at radius 3 is 3.13 bits per heavy atom. The molecule has 0 bridgehead atoms. The van der Waals surface area contributed by atoms with Crippen molar-refractivity contribution >= 4 is 5.95 Å². The Hall–Kier alpha value is -1.29. The minimum absolute atomic E-state index is 0.276. The highest BCUT2D eigenvalue weighted by Gasteiger charge is 2.01. The zero-order valence-electron chi connectivity index (χ0n) is 9.44. The lowest BCUT2D eigenvalue weighted by molar-refractivity contribution is 0.0730. The van der Waals surface area contributed by atoms with Gasteiger partial charge in [-0.2, -0.15) is 0 Å². The van der Waals surface area contributed by atoms with E-state index in [9.17, 15) is 0 Å². The van der Waals surface area contributed by atoms with Crippen molar-refractivity contribution in [3.05, 3.63) is 25.0 Å². The van der Waals surface area contributed by atoms with Crippen LogP contribution in [0.5, 0.6) is 0 Å². The molecule has 4 heteroatoms. The third-order valence-corrected chi connectivity index (χ3v) is 1.90. The van der Waals surface area contributed by atoms with Crippen LogP contribution in [0.25, 0.3) is 0 Å². The van der Waals surface area contributed by atoms with E-state index >= 15 is 0 Å². The minimum Gasteiger partial charge on any atom is -0.377 e. The molecule has 0 aromatic carbocycles. The van der Waals surface area contributed by atoms with Crippen molar-refractivity contribution in [1.82, 2.24) is 9.55 Å². The van der Waals surface area contributed by atoms with E-state index in [1.165, 1.54) is 0 Å². The molecule has 1 aromatic rings. The van der Waals surface area contributed by atoms with Crippen LogP contribution in [-0.2, 0) is 11.3 Å². The second kappa shape index (κ2) is 6.24. The molecule has 0 aliphatic carbocycles. The first-order valence-electron chi connectivity index (χ1n) is 5.21. The van der Waals surface area contributed by atoms with E-state index in [-0.39, 0.29) is 6.10 Å². The Balaban J connectivity index is 2.39. The smallest absolute Gasteiger partial charge is 0.203 e. The molecule has 0 amide bonds.